The van der Waals surface area contributed by atoms with Gasteiger partial charge in [0.2, 0.25) is 0 Å². The van der Waals surface area contributed by atoms with E-state index in [1.165, 1.54) is 0 Å². The Morgan fingerprint density at radius 3 is 2.48 bits per heavy atom. The molecule has 0 radical (unpaired) electrons. The molecule has 1 aromatic heterocycles. The molecule has 0 aliphatic rings. The number of hydrogen-bond acceptors (Lipinski definition) is 5. The van der Waals surface area contributed by atoms with E-state index in [4.69, 9.17) is 14.6 Å². The molecule has 0 aromatic carbocycles. The van der Waals surface area contributed by atoms with Gasteiger partial charge in [-0.15, -0.1) is 0 Å². The van der Waals surface area contributed by atoms with Gasteiger partial charge in [0.15, 0.2) is 11.3 Å². The zero-order valence-electron chi connectivity index (χ0n) is 13.3. The van der Waals surface area contributed by atoms with Crippen LogP contribution in [0.2, 0.25) is 25.7 Å². The SMILES string of the molecule is C[Si](C)(C)CCOCn1ncc(OCCO)c(C(F)(F)F)c1=O. The summed E-state index contributed by atoms with van der Waals surface area (Å²) >= 11 is 0. The second kappa shape index (κ2) is 7.93. The standard InChI is InChI=1S/C13H21F3N2O4Si/c1-23(2,3)7-6-21-9-18-12(20)11(13(14,15)16)10(8-17-18)22-5-4-19/h8,19H,4-7,9H2,1-3H3. The van der Waals surface area contributed by atoms with Gasteiger partial charge in [0.1, 0.15) is 13.3 Å². The van der Waals surface area contributed by atoms with Gasteiger partial charge in [0, 0.05) is 14.7 Å². The molecule has 0 saturated carbocycles. The molecule has 0 amide bonds. The quantitative estimate of drug-likeness (QED) is 0.571. The number of aliphatic hydroxyl groups is 1. The van der Waals surface area contributed by atoms with E-state index in [-0.39, 0.29) is 13.3 Å². The van der Waals surface area contributed by atoms with Gasteiger partial charge in [-0.2, -0.15) is 18.3 Å². The van der Waals surface area contributed by atoms with E-state index in [0.717, 1.165) is 12.2 Å². The van der Waals surface area contributed by atoms with E-state index in [1.807, 2.05) is 0 Å². The zero-order valence-corrected chi connectivity index (χ0v) is 14.3. The van der Waals surface area contributed by atoms with Crippen LogP contribution in [-0.2, 0) is 17.6 Å². The first kappa shape index (κ1) is 19.7. The van der Waals surface area contributed by atoms with Crippen molar-refractivity contribution in [2.24, 2.45) is 0 Å². The first-order valence-electron chi connectivity index (χ1n) is 7.05. The molecule has 0 aliphatic carbocycles. The number of ether oxygens (including phenoxy) is 2. The second-order valence-corrected chi connectivity index (χ2v) is 11.7. The average molecular weight is 354 g/mol. The predicted octanol–water partition coefficient (Wildman–Crippen LogP) is 1.95. The molecular formula is C13H21F3N2O4Si. The molecule has 0 unspecified atom stereocenters. The fraction of sp³-hybridized carbons (Fsp3) is 0.692. The maximum atomic E-state index is 13.0. The molecule has 1 aromatic rings. The fourth-order valence-electron chi connectivity index (χ4n) is 1.62. The van der Waals surface area contributed by atoms with Crippen LogP contribution >= 0.6 is 0 Å². The maximum absolute atomic E-state index is 13.0. The van der Waals surface area contributed by atoms with Gasteiger partial charge < -0.3 is 14.6 Å². The number of aliphatic hydroxyl groups excluding tert-OH is 1. The third-order valence-corrected chi connectivity index (χ3v) is 4.56. The van der Waals surface area contributed by atoms with Crippen LogP contribution in [0, 0.1) is 0 Å². The predicted molar refractivity (Wildman–Crippen MR) is 80.2 cm³/mol. The van der Waals surface area contributed by atoms with Crippen LogP contribution in [0.4, 0.5) is 13.2 Å². The number of rotatable bonds is 8. The van der Waals surface area contributed by atoms with E-state index in [9.17, 15) is 18.0 Å². The summed E-state index contributed by atoms with van der Waals surface area (Å²) in [6.07, 6.45) is -4.08. The molecule has 132 valence electrons. The summed E-state index contributed by atoms with van der Waals surface area (Å²) in [7, 11) is -1.33. The normalized spacial score (nSPS) is 12.5. The van der Waals surface area contributed by atoms with Crippen LogP contribution in [0.1, 0.15) is 5.56 Å². The molecule has 0 aliphatic heterocycles. The van der Waals surface area contributed by atoms with Gasteiger partial charge in [-0.1, -0.05) is 19.6 Å². The maximum Gasteiger partial charge on any atom is 0.425 e. The van der Waals surface area contributed by atoms with Gasteiger partial charge in [0.05, 0.1) is 12.8 Å². The smallest absolute Gasteiger partial charge is 0.425 e. The Bertz CT molecular complexity index is 570. The van der Waals surface area contributed by atoms with Crippen LogP contribution in [0.3, 0.4) is 0 Å². The summed E-state index contributed by atoms with van der Waals surface area (Å²) in [6.45, 7) is 5.57. The lowest BCUT2D eigenvalue weighted by molar-refractivity contribution is -0.140. The molecule has 0 atom stereocenters. The highest BCUT2D eigenvalue weighted by atomic mass is 28.3. The molecule has 0 bridgehead atoms. The van der Waals surface area contributed by atoms with Crippen LogP contribution in [0.15, 0.2) is 11.0 Å². The van der Waals surface area contributed by atoms with Crippen LogP contribution in [0.5, 0.6) is 5.75 Å². The Morgan fingerprint density at radius 1 is 1.30 bits per heavy atom. The highest BCUT2D eigenvalue weighted by molar-refractivity contribution is 6.76. The zero-order chi connectivity index (χ0) is 17.7. The highest BCUT2D eigenvalue weighted by Crippen LogP contribution is 2.32. The molecule has 1 rings (SSSR count). The van der Waals surface area contributed by atoms with Crippen molar-refractivity contribution in [1.82, 2.24) is 9.78 Å². The largest absolute Gasteiger partial charge is 0.489 e. The van der Waals surface area contributed by atoms with Crippen molar-refractivity contribution in [2.45, 2.75) is 38.6 Å². The minimum Gasteiger partial charge on any atom is -0.489 e. The molecule has 1 N–H and O–H groups in total. The number of alkyl halides is 3. The summed E-state index contributed by atoms with van der Waals surface area (Å²) in [5, 5.41) is 12.3. The Balaban J connectivity index is 2.92. The summed E-state index contributed by atoms with van der Waals surface area (Å²) < 4.78 is 49.7. The van der Waals surface area contributed by atoms with Crippen molar-refractivity contribution in [2.75, 3.05) is 19.8 Å². The van der Waals surface area contributed by atoms with E-state index in [0.29, 0.717) is 11.3 Å². The van der Waals surface area contributed by atoms with E-state index < -0.39 is 37.7 Å². The van der Waals surface area contributed by atoms with Gasteiger partial charge in [-0.05, 0) is 6.04 Å². The molecular weight excluding hydrogens is 333 g/mol. The lowest BCUT2D eigenvalue weighted by atomic mass is 10.2. The molecule has 1 heterocycles. The van der Waals surface area contributed by atoms with Crippen LogP contribution in [0.25, 0.3) is 0 Å². The lowest BCUT2D eigenvalue weighted by Gasteiger charge is -2.16. The minimum atomic E-state index is -4.88. The Labute approximate surface area is 132 Å². The molecule has 10 heteroatoms. The Morgan fingerprint density at radius 2 is 1.96 bits per heavy atom. The van der Waals surface area contributed by atoms with E-state index >= 15 is 0 Å². The monoisotopic (exact) mass is 354 g/mol. The minimum absolute atomic E-state index is 0.354. The number of halogens is 3. The Hall–Kier alpha value is -1.39. The third-order valence-electron chi connectivity index (χ3n) is 2.85. The average Bonchev–Trinajstić information content (AvgIpc) is 2.40. The lowest BCUT2D eigenvalue weighted by Crippen LogP contribution is -2.32. The molecule has 0 spiro atoms. The number of nitrogens with zero attached hydrogens (tertiary/aromatic N) is 2. The summed E-state index contributed by atoms with van der Waals surface area (Å²) in [5.41, 5.74) is -2.78. The number of aromatic nitrogens is 2. The summed E-state index contributed by atoms with van der Waals surface area (Å²) in [5.74, 6) is -0.699. The van der Waals surface area contributed by atoms with Crippen molar-refractivity contribution in [1.29, 1.82) is 0 Å². The topological polar surface area (TPSA) is 73.6 Å². The first-order chi connectivity index (χ1) is 10.6. The summed E-state index contributed by atoms with van der Waals surface area (Å²) in [4.78, 5) is 12.0. The highest BCUT2D eigenvalue weighted by Gasteiger charge is 2.39. The first-order valence-corrected chi connectivity index (χ1v) is 10.8. The summed E-state index contributed by atoms with van der Waals surface area (Å²) in [6, 6.07) is 0.825. The van der Waals surface area contributed by atoms with Crippen molar-refractivity contribution in [3.63, 3.8) is 0 Å². The van der Waals surface area contributed by atoms with E-state index in [2.05, 4.69) is 24.7 Å². The van der Waals surface area contributed by atoms with E-state index in [1.54, 1.807) is 0 Å². The molecule has 6 nitrogen and oxygen atoms in total. The van der Waals surface area contributed by atoms with Gasteiger partial charge >= 0.3 is 6.18 Å². The third kappa shape index (κ3) is 6.32. The Kier molecular flexibility index (Phi) is 6.78. The fourth-order valence-corrected chi connectivity index (χ4v) is 2.38. The molecule has 0 saturated heterocycles. The van der Waals surface area contributed by atoms with Crippen molar-refractivity contribution >= 4 is 8.07 Å². The second-order valence-electron chi connectivity index (χ2n) is 6.11. The molecule has 23 heavy (non-hydrogen) atoms. The molecule has 0 fully saturated rings. The van der Waals surface area contributed by atoms with Gasteiger partial charge in [0.25, 0.3) is 5.56 Å². The van der Waals surface area contributed by atoms with Crippen molar-refractivity contribution < 1.29 is 27.8 Å². The van der Waals surface area contributed by atoms with Crippen LogP contribution < -0.4 is 10.3 Å². The van der Waals surface area contributed by atoms with Gasteiger partial charge in [-0.3, -0.25) is 4.79 Å². The van der Waals surface area contributed by atoms with Crippen LogP contribution in [-0.4, -0.2) is 42.8 Å². The number of hydrogen-bond donors (Lipinski definition) is 1. The van der Waals surface area contributed by atoms with Crippen molar-refractivity contribution in [3.05, 3.63) is 22.1 Å². The van der Waals surface area contributed by atoms with Crippen molar-refractivity contribution in [3.8, 4) is 5.75 Å². The van der Waals surface area contributed by atoms with Gasteiger partial charge in [-0.25, -0.2) is 4.68 Å².